The highest BCUT2D eigenvalue weighted by molar-refractivity contribution is 5.37. The van der Waals surface area contributed by atoms with Gasteiger partial charge in [0.05, 0.1) is 29.8 Å². The second kappa shape index (κ2) is 4.57. The van der Waals surface area contributed by atoms with Crippen LogP contribution in [0.2, 0.25) is 0 Å². The highest BCUT2D eigenvalue weighted by Gasteiger charge is 2.06. The van der Waals surface area contributed by atoms with E-state index in [2.05, 4.69) is 20.3 Å². The smallest absolute Gasteiger partial charge is 0.223 e. The molecule has 16 heavy (non-hydrogen) atoms. The van der Waals surface area contributed by atoms with Gasteiger partial charge in [0.15, 0.2) is 0 Å². The molecule has 5 heteroatoms. The minimum absolute atomic E-state index is 0.0600. The molecule has 0 saturated heterocycles. The van der Waals surface area contributed by atoms with Crippen molar-refractivity contribution in [2.45, 2.75) is 13.0 Å². The first kappa shape index (κ1) is 10.4. The van der Waals surface area contributed by atoms with Crippen molar-refractivity contribution in [3.05, 3.63) is 42.5 Å². The summed E-state index contributed by atoms with van der Waals surface area (Å²) in [5, 5.41) is 3.15. The van der Waals surface area contributed by atoms with Gasteiger partial charge in [-0.3, -0.25) is 4.98 Å². The lowest BCUT2D eigenvalue weighted by Crippen LogP contribution is -2.10. The standard InChI is InChI=1S/C11H13N5/c1-8(10-4-2-3-5-13-10)16-11-14-6-9(12)7-15-11/h2-8H,12H2,1H3,(H,14,15,16). The third-order valence-electron chi connectivity index (χ3n) is 2.15. The Labute approximate surface area is 93.8 Å². The van der Waals surface area contributed by atoms with Gasteiger partial charge in [-0.2, -0.15) is 0 Å². The van der Waals surface area contributed by atoms with Crippen molar-refractivity contribution >= 4 is 11.6 Å². The van der Waals surface area contributed by atoms with Crippen LogP contribution in [0, 0.1) is 0 Å². The molecule has 5 nitrogen and oxygen atoms in total. The fourth-order valence-electron chi connectivity index (χ4n) is 1.31. The molecule has 0 bridgehead atoms. The topological polar surface area (TPSA) is 76.7 Å². The molecule has 0 aliphatic heterocycles. The van der Waals surface area contributed by atoms with Gasteiger partial charge < -0.3 is 11.1 Å². The highest BCUT2D eigenvalue weighted by Crippen LogP contribution is 2.13. The molecule has 0 aromatic carbocycles. The maximum atomic E-state index is 5.50. The van der Waals surface area contributed by atoms with E-state index in [1.807, 2.05) is 25.1 Å². The summed E-state index contributed by atoms with van der Waals surface area (Å²) in [4.78, 5) is 12.4. The second-order valence-corrected chi connectivity index (χ2v) is 3.46. The van der Waals surface area contributed by atoms with E-state index in [9.17, 15) is 0 Å². The number of nitrogens with one attached hydrogen (secondary N) is 1. The van der Waals surface area contributed by atoms with E-state index in [0.717, 1.165) is 5.69 Å². The Kier molecular flexibility index (Phi) is 2.95. The van der Waals surface area contributed by atoms with E-state index in [1.54, 1.807) is 18.6 Å². The third kappa shape index (κ3) is 2.44. The van der Waals surface area contributed by atoms with Crippen LogP contribution >= 0.6 is 0 Å². The molecule has 0 fully saturated rings. The molecule has 0 radical (unpaired) electrons. The molecule has 1 unspecified atom stereocenters. The Morgan fingerprint density at radius 2 is 1.94 bits per heavy atom. The van der Waals surface area contributed by atoms with Gasteiger partial charge in [0, 0.05) is 6.20 Å². The molecule has 2 aromatic rings. The van der Waals surface area contributed by atoms with Gasteiger partial charge in [-0.25, -0.2) is 9.97 Å². The number of nitrogen functional groups attached to an aromatic ring is 1. The fraction of sp³-hybridized carbons (Fsp3) is 0.182. The van der Waals surface area contributed by atoms with Crippen molar-refractivity contribution < 1.29 is 0 Å². The number of rotatable bonds is 3. The summed E-state index contributed by atoms with van der Waals surface area (Å²) in [5.41, 5.74) is 7.00. The molecule has 0 saturated carbocycles. The number of pyridine rings is 1. The van der Waals surface area contributed by atoms with E-state index < -0.39 is 0 Å². The summed E-state index contributed by atoms with van der Waals surface area (Å²) in [6.45, 7) is 2.00. The fourth-order valence-corrected chi connectivity index (χ4v) is 1.31. The summed E-state index contributed by atoms with van der Waals surface area (Å²) in [7, 11) is 0. The van der Waals surface area contributed by atoms with Crippen molar-refractivity contribution in [1.82, 2.24) is 15.0 Å². The van der Waals surface area contributed by atoms with Crippen LogP contribution in [0.3, 0.4) is 0 Å². The van der Waals surface area contributed by atoms with E-state index >= 15 is 0 Å². The average molecular weight is 215 g/mol. The zero-order valence-corrected chi connectivity index (χ0v) is 8.96. The quantitative estimate of drug-likeness (QED) is 0.813. The third-order valence-corrected chi connectivity index (χ3v) is 2.15. The van der Waals surface area contributed by atoms with E-state index in [-0.39, 0.29) is 6.04 Å². The first-order valence-corrected chi connectivity index (χ1v) is 5.00. The lowest BCUT2D eigenvalue weighted by atomic mass is 10.2. The monoisotopic (exact) mass is 215 g/mol. The summed E-state index contributed by atoms with van der Waals surface area (Å²) >= 11 is 0. The molecular formula is C11H13N5. The zero-order valence-electron chi connectivity index (χ0n) is 8.96. The Hall–Kier alpha value is -2.17. The predicted molar refractivity (Wildman–Crippen MR) is 62.7 cm³/mol. The molecular weight excluding hydrogens is 202 g/mol. The summed E-state index contributed by atoms with van der Waals surface area (Å²) in [6.07, 6.45) is 4.90. The normalized spacial score (nSPS) is 12.1. The summed E-state index contributed by atoms with van der Waals surface area (Å²) in [6, 6.07) is 5.85. The molecule has 0 aliphatic rings. The lowest BCUT2D eigenvalue weighted by molar-refractivity contribution is 0.822. The van der Waals surface area contributed by atoms with Gasteiger partial charge in [0.25, 0.3) is 0 Å². The van der Waals surface area contributed by atoms with Crippen LogP contribution in [0.15, 0.2) is 36.8 Å². The van der Waals surface area contributed by atoms with Gasteiger partial charge in [0.1, 0.15) is 0 Å². The van der Waals surface area contributed by atoms with Crippen molar-refractivity contribution in [3.63, 3.8) is 0 Å². The molecule has 2 heterocycles. The molecule has 2 rings (SSSR count). The van der Waals surface area contributed by atoms with E-state index in [4.69, 9.17) is 5.73 Å². The number of hydrogen-bond donors (Lipinski definition) is 2. The van der Waals surface area contributed by atoms with Crippen LogP contribution in [-0.4, -0.2) is 15.0 Å². The van der Waals surface area contributed by atoms with E-state index in [1.165, 1.54) is 0 Å². The average Bonchev–Trinajstić information content (AvgIpc) is 2.33. The SMILES string of the molecule is CC(Nc1ncc(N)cn1)c1ccccn1. The Balaban J connectivity index is 2.08. The molecule has 0 aliphatic carbocycles. The van der Waals surface area contributed by atoms with Gasteiger partial charge >= 0.3 is 0 Å². The maximum absolute atomic E-state index is 5.50. The number of nitrogens with zero attached hydrogens (tertiary/aromatic N) is 3. The minimum atomic E-state index is 0.0600. The van der Waals surface area contributed by atoms with Crippen molar-refractivity contribution in [3.8, 4) is 0 Å². The van der Waals surface area contributed by atoms with E-state index in [0.29, 0.717) is 11.6 Å². The highest BCUT2D eigenvalue weighted by atomic mass is 15.1. The van der Waals surface area contributed by atoms with Crippen molar-refractivity contribution in [1.29, 1.82) is 0 Å². The second-order valence-electron chi connectivity index (χ2n) is 3.46. The minimum Gasteiger partial charge on any atom is -0.396 e. The number of aromatic nitrogens is 3. The van der Waals surface area contributed by atoms with Crippen LogP contribution in [0.4, 0.5) is 11.6 Å². The van der Waals surface area contributed by atoms with Gasteiger partial charge in [-0.05, 0) is 19.1 Å². The molecule has 0 spiro atoms. The van der Waals surface area contributed by atoms with Gasteiger partial charge in [-0.1, -0.05) is 6.07 Å². The Morgan fingerprint density at radius 1 is 1.19 bits per heavy atom. The van der Waals surface area contributed by atoms with Gasteiger partial charge in [-0.15, -0.1) is 0 Å². The number of hydrogen-bond acceptors (Lipinski definition) is 5. The molecule has 3 N–H and O–H groups in total. The first-order chi connectivity index (χ1) is 7.75. The predicted octanol–water partition coefficient (Wildman–Crippen LogP) is 1.63. The number of anilines is 2. The van der Waals surface area contributed by atoms with Crippen LogP contribution in [0.1, 0.15) is 18.7 Å². The first-order valence-electron chi connectivity index (χ1n) is 5.00. The Bertz CT molecular complexity index is 440. The maximum Gasteiger partial charge on any atom is 0.223 e. The van der Waals surface area contributed by atoms with Crippen LogP contribution in [0.5, 0.6) is 0 Å². The molecule has 0 amide bonds. The zero-order chi connectivity index (χ0) is 11.4. The molecule has 82 valence electrons. The van der Waals surface area contributed by atoms with Crippen molar-refractivity contribution in [2.24, 2.45) is 0 Å². The summed E-state index contributed by atoms with van der Waals surface area (Å²) in [5.74, 6) is 0.548. The van der Waals surface area contributed by atoms with Gasteiger partial charge in [0.2, 0.25) is 5.95 Å². The van der Waals surface area contributed by atoms with Crippen LogP contribution in [-0.2, 0) is 0 Å². The largest absolute Gasteiger partial charge is 0.396 e. The van der Waals surface area contributed by atoms with Crippen LogP contribution < -0.4 is 11.1 Å². The summed E-state index contributed by atoms with van der Waals surface area (Å²) < 4.78 is 0. The van der Waals surface area contributed by atoms with Crippen molar-refractivity contribution in [2.75, 3.05) is 11.1 Å². The van der Waals surface area contributed by atoms with Crippen LogP contribution in [0.25, 0.3) is 0 Å². The lowest BCUT2D eigenvalue weighted by Gasteiger charge is -2.12. The Morgan fingerprint density at radius 3 is 2.56 bits per heavy atom. The number of nitrogens with two attached hydrogens (primary N) is 1. The molecule has 1 atom stereocenters. The molecule has 2 aromatic heterocycles.